The predicted molar refractivity (Wildman–Crippen MR) is 114 cm³/mol. The first-order chi connectivity index (χ1) is 13.6. The van der Waals surface area contributed by atoms with Crippen LogP contribution >= 0.6 is 11.8 Å². The normalized spacial score (nSPS) is 11.8. The Bertz CT molecular complexity index is 939. The Kier molecular flexibility index (Phi) is 6.76. The summed E-state index contributed by atoms with van der Waals surface area (Å²) in [6, 6.07) is 15.7. The van der Waals surface area contributed by atoms with E-state index < -0.39 is 0 Å². The molecule has 5 nitrogen and oxygen atoms in total. The second-order valence-corrected chi connectivity index (χ2v) is 7.64. The van der Waals surface area contributed by atoms with Crippen molar-refractivity contribution in [1.29, 1.82) is 0 Å². The average molecular weight is 396 g/mol. The van der Waals surface area contributed by atoms with Gasteiger partial charge in [0, 0.05) is 25.2 Å². The highest BCUT2D eigenvalue weighted by molar-refractivity contribution is 7.99. The van der Waals surface area contributed by atoms with E-state index in [0.29, 0.717) is 5.75 Å². The topological polar surface area (TPSA) is 56.1 Å². The van der Waals surface area contributed by atoms with E-state index in [2.05, 4.69) is 35.4 Å². The molecule has 0 fully saturated rings. The third-order valence-corrected chi connectivity index (χ3v) is 5.44. The predicted octanol–water partition coefficient (Wildman–Crippen LogP) is 3.88. The van der Waals surface area contributed by atoms with Crippen LogP contribution in [0.5, 0.6) is 5.75 Å². The first-order valence-electron chi connectivity index (χ1n) is 9.10. The number of nitrogens with zero attached hydrogens (tertiary/aromatic N) is 2. The number of aromatic nitrogens is 2. The fraction of sp³-hybridized carbons (Fsp3) is 0.273. The summed E-state index contributed by atoms with van der Waals surface area (Å²) in [6.07, 6.45) is 3.61. The van der Waals surface area contributed by atoms with Crippen LogP contribution in [0.1, 0.15) is 28.6 Å². The first kappa shape index (κ1) is 20.0. The molecule has 0 radical (unpaired) electrons. The van der Waals surface area contributed by atoms with Gasteiger partial charge in [0.2, 0.25) is 5.91 Å². The molecule has 1 aromatic heterocycles. The molecule has 1 unspecified atom stereocenters. The van der Waals surface area contributed by atoms with E-state index in [9.17, 15) is 4.79 Å². The molecule has 0 bridgehead atoms. The van der Waals surface area contributed by atoms with E-state index in [-0.39, 0.29) is 11.9 Å². The largest absolute Gasteiger partial charge is 0.497 e. The van der Waals surface area contributed by atoms with Crippen molar-refractivity contribution in [2.24, 2.45) is 7.05 Å². The molecule has 146 valence electrons. The van der Waals surface area contributed by atoms with Crippen LogP contribution in [0, 0.1) is 6.92 Å². The molecule has 0 aliphatic rings. The van der Waals surface area contributed by atoms with E-state index in [4.69, 9.17) is 4.74 Å². The van der Waals surface area contributed by atoms with Crippen molar-refractivity contribution in [3.05, 3.63) is 83.4 Å². The highest BCUT2D eigenvalue weighted by Crippen LogP contribution is 2.24. The molecule has 0 aliphatic heterocycles. The minimum absolute atomic E-state index is 0.0199. The van der Waals surface area contributed by atoms with Crippen molar-refractivity contribution in [3.63, 3.8) is 0 Å². The molecular formula is C22H25N3O2S. The number of nitrogens with one attached hydrogen (secondary N) is 1. The van der Waals surface area contributed by atoms with Crippen LogP contribution in [0.15, 0.2) is 60.9 Å². The van der Waals surface area contributed by atoms with Gasteiger partial charge >= 0.3 is 0 Å². The summed E-state index contributed by atoms with van der Waals surface area (Å²) in [7, 11) is 3.56. The van der Waals surface area contributed by atoms with Gasteiger partial charge in [-0.25, -0.2) is 4.98 Å². The lowest BCUT2D eigenvalue weighted by Gasteiger charge is -2.19. The van der Waals surface area contributed by atoms with Gasteiger partial charge in [-0.15, -0.1) is 11.8 Å². The maximum absolute atomic E-state index is 12.6. The number of hydrogen-bond donors (Lipinski definition) is 1. The number of thioether (sulfide) groups is 1. The zero-order valence-electron chi connectivity index (χ0n) is 16.4. The van der Waals surface area contributed by atoms with Crippen LogP contribution in [0.25, 0.3) is 0 Å². The molecule has 0 spiro atoms. The summed E-state index contributed by atoms with van der Waals surface area (Å²) >= 11 is 1.61. The quantitative estimate of drug-likeness (QED) is 0.629. The zero-order valence-corrected chi connectivity index (χ0v) is 17.2. The van der Waals surface area contributed by atoms with Gasteiger partial charge in [-0.2, -0.15) is 0 Å². The van der Waals surface area contributed by atoms with Gasteiger partial charge in [0.1, 0.15) is 17.6 Å². The van der Waals surface area contributed by atoms with Crippen molar-refractivity contribution < 1.29 is 9.53 Å². The number of methoxy groups -OCH3 is 1. The van der Waals surface area contributed by atoms with Crippen molar-refractivity contribution in [3.8, 4) is 5.75 Å². The molecule has 1 amide bonds. The summed E-state index contributed by atoms with van der Waals surface area (Å²) in [5.74, 6) is 2.71. The summed E-state index contributed by atoms with van der Waals surface area (Å²) in [5, 5.41) is 3.13. The number of imidazole rings is 1. The van der Waals surface area contributed by atoms with Gasteiger partial charge in [-0.1, -0.05) is 42.0 Å². The van der Waals surface area contributed by atoms with Gasteiger partial charge in [-0.05, 0) is 30.2 Å². The molecule has 1 atom stereocenters. The number of carbonyl (C=O) groups excluding carboxylic acids is 1. The van der Waals surface area contributed by atoms with Crippen LogP contribution < -0.4 is 10.1 Å². The summed E-state index contributed by atoms with van der Waals surface area (Å²) in [6.45, 7) is 2.08. The lowest BCUT2D eigenvalue weighted by molar-refractivity contribution is -0.119. The smallest absolute Gasteiger partial charge is 0.230 e. The van der Waals surface area contributed by atoms with Gasteiger partial charge in [0.25, 0.3) is 0 Å². The third kappa shape index (κ3) is 5.16. The fourth-order valence-corrected chi connectivity index (χ4v) is 3.83. The molecule has 0 saturated carbocycles. The minimum Gasteiger partial charge on any atom is -0.497 e. The van der Waals surface area contributed by atoms with Gasteiger partial charge in [0.15, 0.2) is 0 Å². The van der Waals surface area contributed by atoms with Crippen molar-refractivity contribution in [1.82, 2.24) is 14.9 Å². The molecule has 2 aromatic carbocycles. The molecule has 3 rings (SSSR count). The van der Waals surface area contributed by atoms with E-state index >= 15 is 0 Å². The molecule has 28 heavy (non-hydrogen) atoms. The van der Waals surface area contributed by atoms with Crippen LogP contribution in [0.3, 0.4) is 0 Å². The summed E-state index contributed by atoms with van der Waals surface area (Å²) in [4.78, 5) is 17.1. The Morgan fingerprint density at radius 2 is 2.07 bits per heavy atom. The Hall–Kier alpha value is -2.73. The fourth-order valence-electron chi connectivity index (χ4n) is 3.04. The monoisotopic (exact) mass is 395 g/mol. The van der Waals surface area contributed by atoms with Crippen LogP contribution in [0.4, 0.5) is 0 Å². The Morgan fingerprint density at radius 1 is 1.25 bits per heavy atom. The highest BCUT2D eigenvalue weighted by atomic mass is 32.2. The SMILES string of the molecule is COc1cccc(C(NC(=O)CSCc2cccc(C)c2)c2nccn2C)c1. The van der Waals surface area contributed by atoms with Crippen molar-refractivity contribution in [2.45, 2.75) is 18.7 Å². The molecule has 6 heteroatoms. The average Bonchev–Trinajstić information content (AvgIpc) is 3.12. The maximum Gasteiger partial charge on any atom is 0.230 e. The molecule has 1 heterocycles. The lowest BCUT2D eigenvalue weighted by atomic mass is 10.1. The second-order valence-electron chi connectivity index (χ2n) is 6.66. The van der Waals surface area contributed by atoms with Crippen molar-refractivity contribution >= 4 is 17.7 Å². The highest BCUT2D eigenvalue weighted by Gasteiger charge is 2.21. The molecule has 0 aliphatic carbocycles. The standard InChI is InChI=1S/C22H25N3O2S/c1-16-6-4-7-17(12-16)14-28-15-20(26)24-21(22-23-10-11-25(22)2)18-8-5-9-19(13-18)27-3/h4-13,21H,14-15H2,1-3H3,(H,24,26). The van der Waals surface area contributed by atoms with Gasteiger partial charge in [-0.3, -0.25) is 4.79 Å². The number of carbonyl (C=O) groups is 1. The van der Waals surface area contributed by atoms with Crippen molar-refractivity contribution in [2.75, 3.05) is 12.9 Å². The molecular weight excluding hydrogens is 370 g/mol. The zero-order chi connectivity index (χ0) is 19.9. The van der Waals surface area contributed by atoms with E-state index in [1.165, 1.54) is 11.1 Å². The first-order valence-corrected chi connectivity index (χ1v) is 10.3. The van der Waals surface area contributed by atoms with Crippen LogP contribution in [-0.4, -0.2) is 28.3 Å². The molecule has 3 aromatic rings. The summed E-state index contributed by atoms with van der Waals surface area (Å²) < 4.78 is 7.26. The third-order valence-electron chi connectivity index (χ3n) is 4.43. The lowest BCUT2D eigenvalue weighted by Crippen LogP contribution is -2.32. The molecule has 1 N–H and O–H groups in total. The second kappa shape index (κ2) is 9.46. The number of ether oxygens (including phenoxy) is 1. The van der Waals surface area contributed by atoms with E-state index in [0.717, 1.165) is 22.9 Å². The minimum atomic E-state index is -0.331. The summed E-state index contributed by atoms with van der Waals surface area (Å²) in [5.41, 5.74) is 3.40. The molecule has 0 saturated heterocycles. The van der Waals surface area contributed by atoms with Gasteiger partial charge in [0.05, 0.1) is 12.9 Å². The Morgan fingerprint density at radius 3 is 2.79 bits per heavy atom. The Labute approximate surface area is 170 Å². The number of hydrogen-bond acceptors (Lipinski definition) is 4. The maximum atomic E-state index is 12.6. The Balaban J connectivity index is 1.68. The van der Waals surface area contributed by atoms with Gasteiger partial charge < -0.3 is 14.6 Å². The number of rotatable bonds is 8. The number of benzene rings is 2. The number of aryl methyl sites for hydroxylation is 2. The van der Waals surface area contributed by atoms with E-state index in [1.54, 1.807) is 25.1 Å². The number of amides is 1. The van der Waals surface area contributed by atoms with Crippen LogP contribution in [-0.2, 0) is 17.6 Å². The van der Waals surface area contributed by atoms with Crippen LogP contribution in [0.2, 0.25) is 0 Å². The van der Waals surface area contributed by atoms with E-state index in [1.807, 2.05) is 48.1 Å².